The highest BCUT2D eigenvalue weighted by Gasteiger charge is 2.26. The summed E-state index contributed by atoms with van der Waals surface area (Å²) in [6.45, 7) is -0.252. The van der Waals surface area contributed by atoms with Gasteiger partial charge in [0.05, 0.1) is 41.2 Å². The average molecular weight is 348 g/mol. The Morgan fingerprint density at radius 3 is 2.04 bits per heavy atom. The van der Waals surface area contributed by atoms with Gasteiger partial charge in [-0.05, 0) is 23.8 Å². The molecular weight excluding hydrogens is 324 g/mol. The first-order valence-electron chi connectivity index (χ1n) is 7.82. The van der Waals surface area contributed by atoms with Crippen LogP contribution in [0.1, 0.15) is 23.1 Å². The minimum absolute atomic E-state index is 0.252. The quantitative estimate of drug-likeness (QED) is 0.763. The number of methoxy groups -OCH3 is 4. The van der Waals surface area contributed by atoms with Crippen molar-refractivity contribution in [2.24, 2.45) is 0 Å². The van der Waals surface area contributed by atoms with Crippen LogP contribution in [0.15, 0.2) is 36.4 Å². The summed E-state index contributed by atoms with van der Waals surface area (Å²) < 4.78 is 21.1. The Morgan fingerprint density at radius 2 is 1.48 bits per heavy atom. The van der Waals surface area contributed by atoms with E-state index in [-0.39, 0.29) is 6.61 Å². The second-order valence-corrected chi connectivity index (χ2v) is 5.46. The molecule has 0 fully saturated rings. The van der Waals surface area contributed by atoms with Crippen molar-refractivity contribution in [3.63, 3.8) is 0 Å². The normalized spacial score (nSPS) is 13.0. The van der Waals surface area contributed by atoms with Gasteiger partial charge in [0.1, 0.15) is 11.5 Å². The van der Waals surface area contributed by atoms with Gasteiger partial charge in [-0.2, -0.15) is 0 Å². The summed E-state index contributed by atoms with van der Waals surface area (Å²) in [5.74, 6) is 1.69. The standard InChI is InChI=1S/C19H24O6/c1-22-13-6-7-14(17(10-13)24-3)15(11-20)19(21)12-5-8-16(23-2)18(9-12)25-4/h5-10,15,19-21H,11H2,1-4H3. The van der Waals surface area contributed by atoms with Gasteiger partial charge < -0.3 is 29.2 Å². The van der Waals surface area contributed by atoms with Gasteiger partial charge in [0.2, 0.25) is 0 Å². The lowest BCUT2D eigenvalue weighted by molar-refractivity contribution is 0.105. The van der Waals surface area contributed by atoms with E-state index in [9.17, 15) is 10.2 Å². The van der Waals surface area contributed by atoms with E-state index < -0.39 is 12.0 Å². The van der Waals surface area contributed by atoms with Crippen LogP contribution in [0.2, 0.25) is 0 Å². The van der Waals surface area contributed by atoms with Crippen LogP contribution < -0.4 is 18.9 Å². The summed E-state index contributed by atoms with van der Waals surface area (Å²) in [5.41, 5.74) is 1.29. The molecule has 2 N–H and O–H groups in total. The molecule has 0 saturated carbocycles. The number of benzene rings is 2. The predicted molar refractivity (Wildman–Crippen MR) is 93.9 cm³/mol. The summed E-state index contributed by atoms with van der Waals surface area (Å²) in [6, 6.07) is 10.4. The van der Waals surface area contributed by atoms with Crippen molar-refractivity contribution in [2.45, 2.75) is 12.0 Å². The molecule has 2 atom stereocenters. The Kier molecular flexibility index (Phi) is 6.50. The van der Waals surface area contributed by atoms with Crippen molar-refractivity contribution >= 4 is 0 Å². The van der Waals surface area contributed by atoms with Gasteiger partial charge in [-0.3, -0.25) is 0 Å². The van der Waals surface area contributed by atoms with E-state index in [1.165, 1.54) is 14.2 Å². The molecule has 6 nitrogen and oxygen atoms in total. The molecule has 0 aromatic heterocycles. The summed E-state index contributed by atoms with van der Waals surface area (Å²) in [4.78, 5) is 0. The molecule has 0 heterocycles. The monoisotopic (exact) mass is 348 g/mol. The molecule has 0 saturated heterocycles. The van der Waals surface area contributed by atoms with E-state index >= 15 is 0 Å². The minimum Gasteiger partial charge on any atom is -0.497 e. The molecule has 0 amide bonds. The molecule has 2 unspecified atom stereocenters. The number of hydrogen-bond acceptors (Lipinski definition) is 6. The van der Waals surface area contributed by atoms with Crippen LogP contribution in [0.3, 0.4) is 0 Å². The fourth-order valence-corrected chi connectivity index (χ4v) is 2.76. The molecule has 2 aromatic rings. The van der Waals surface area contributed by atoms with Gasteiger partial charge in [-0.25, -0.2) is 0 Å². The van der Waals surface area contributed by atoms with Crippen LogP contribution in [0.25, 0.3) is 0 Å². The molecule has 0 aliphatic heterocycles. The summed E-state index contributed by atoms with van der Waals surface area (Å²) in [6.07, 6.45) is -0.952. The van der Waals surface area contributed by atoms with Crippen molar-refractivity contribution < 1.29 is 29.2 Å². The fourth-order valence-electron chi connectivity index (χ4n) is 2.76. The highest BCUT2D eigenvalue weighted by atomic mass is 16.5. The molecule has 6 heteroatoms. The van der Waals surface area contributed by atoms with Gasteiger partial charge in [0.25, 0.3) is 0 Å². The molecule has 0 aliphatic rings. The maximum Gasteiger partial charge on any atom is 0.161 e. The third kappa shape index (κ3) is 3.97. The summed E-state index contributed by atoms with van der Waals surface area (Å²) in [7, 11) is 6.18. The Labute approximate surface area is 147 Å². The SMILES string of the molecule is COc1ccc(C(CO)C(O)c2ccc(OC)c(OC)c2)c(OC)c1. The van der Waals surface area contributed by atoms with Crippen molar-refractivity contribution in [3.8, 4) is 23.0 Å². The van der Waals surface area contributed by atoms with Crippen LogP contribution >= 0.6 is 0 Å². The van der Waals surface area contributed by atoms with Crippen molar-refractivity contribution in [1.82, 2.24) is 0 Å². The van der Waals surface area contributed by atoms with Crippen LogP contribution in [0.4, 0.5) is 0 Å². The van der Waals surface area contributed by atoms with Crippen molar-refractivity contribution in [1.29, 1.82) is 0 Å². The van der Waals surface area contributed by atoms with Crippen molar-refractivity contribution in [2.75, 3.05) is 35.0 Å². The lowest BCUT2D eigenvalue weighted by Crippen LogP contribution is -2.16. The van der Waals surface area contributed by atoms with Gasteiger partial charge in [0.15, 0.2) is 11.5 Å². The highest BCUT2D eigenvalue weighted by molar-refractivity contribution is 5.47. The van der Waals surface area contributed by atoms with Crippen LogP contribution in [0.5, 0.6) is 23.0 Å². The van der Waals surface area contributed by atoms with Crippen molar-refractivity contribution in [3.05, 3.63) is 47.5 Å². The molecule has 0 radical (unpaired) electrons. The van der Waals surface area contributed by atoms with E-state index in [2.05, 4.69) is 0 Å². The minimum atomic E-state index is -0.952. The van der Waals surface area contributed by atoms with Crippen LogP contribution in [-0.2, 0) is 0 Å². The summed E-state index contributed by atoms with van der Waals surface area (Å²) >= 11 is 0. The number of ether oxygens (including phenoxy) is 4. The maximum absolute atomic E-state index is 10.8. The summed E-state index contributed by atoms with van der Waals surface area (Å²) in [5, 5.41) is 20.7. The number of hydrogen-bond donors (Lipinski definition) is 2. The first kappa shape index (κ1) is 18.9. The molecule has 136 valence electrons. The zero-order chi connectivity index (χ0) is 18.4. The maximum atomic E-state index is 10.8. The number of aliphatic hydroxyl groups excluding tert-OH is 2. The molecule has 0 bridgehead atoms. The fraction of sp³-hybridized carbons (Fsp3) is 0.368. The lowest BCUT2D eigenvalue weighted by atomic mass is 9.89. The van der Waals surface area contributed by atoms with Crippen LogP contribution in [0, 0.1) is 0 Å². The Balaban J connectivity index is 2.40. The Bertz CT molecular complexity index is 700. The van der Waals surface area contributed by atoms with E-state index in [1.807, 2.05) is 0 Å². The molecule has 2 rings (SSSR count). The number of rotatable bonds is 8. The zero-order valence-corrected chi connectivity index (χ0v) is 14.9. The van der Waals surface area contributed by atoms with E-state index in [4.69, 9.17) is 18.9 Å². The largest absolute Gasteiger partial charge is 0.497 e. The first-order chi connectivity index (χ1) is 12.1. The second kappa shape index (κ2) is 8.60. The van der Waals surface area contributed by atoms with E-state index in [1.54, 1.807) is 50.6 Å². The smallest absolute Gasteiger partial charge is 0.161 e. The molecule has 25 heavy (non-hydrogen) atoms. The van der Waals surface area contributed by atoms with Gasteiger partial charge in [-0.1, -0.05) is 12.1 Å². The van der Waals surface area contributed by atoms with E-state index in [0.29, 0.717) is 34.1 Å². The third-order valence-corrected chi connectivity index (χ3v) is 4.17. The van der Waals surface area contributed by atoms with Gasteiger partial charge in [-0.15, -0.1) is 0 Å². The molecule has 0 spiro atoms. The molecule has 2 aromatic carbocycles. The van der Waals surface area contributed by atoms with Gasteiger partial charge in [0, 0.05) is 17.5 Å². The lowest BCUT2D eigenvalue weighted by Gasteiger charge is -2.24. The zero-order valence-electron chi connectivity index (χ0n) is 14.9. The predicted octanol–water partition coefficient (Wildman–Crippen LogP) is 2.53. The molecule has 0 aliphatic carbocycles. The third-order valence-electron chi connectivity index (χ3n) is 4.17. The number of aliphatic hydroxyl groups is 2. The van der Waals surface area contributed by atoms with Gasteiger partial charge >= 0.3 is 0 Å². The Morgan fingerprint density at radius 1 is 0.800 bits per heavy atom. The first-order valence-corrected chi connectivity index (χ1v) is 7.82. The molecular formula is C19H24O6. The Hall–Kier alpha value is -2.44. The van der Waals surface area contributed by atoms with E-state index in [0.717, 1.165) is 0 Å². The van der Waals surface area contributed by atoms with Crippen LogP contribution in [-0.4, -0.2) is 45.3 Å². The highest BCUT2D eigenvalue weighted by Crippen LogP contribution is 2.39. The second-order valence-electron chi connectivity index (χ2n) is 5.46. The average Bonchev–Trinajstić information content (AvgIpc) is 2.67. The topological polar surface area (TPSA) is 77.4 Å².